The van der Waals surface area contributed by atoms with Gasteiger partial charge >= 0.3 is 0 Å². The number of rotatable bonds is 0. The Bertz CT molecular complexity index is 883. The first-order valence-electron chi connectivity index (χ1n) is 6.02. The molecule has 2 aromatic carbocycles. The largest absolute Gasteiger partial charge is 0.321 e. The number of hydrogen-bond donors (Lipinski definition) is 0. The van der Waals surface area contributed by atoms with E-state index in [1.54, 1.807) is 0 Å². The van der Waals surface area contributed by atoms with Gasteiger partial charge in [0.15, 0.2) is 0 Å². The highest BCUT2D eigenvalue weighted by Gasteiger charge is 2.21. The van der Waals surface area contributed by atoms with E-state index < -0.39 is 0 Å². The lowest BCUT2D eigenvalue weighted by Gasteiger charge is -2.08. The number of fused-ring (bicyclic) bond motifs is 5. The lowest BCUT2D eigenvalue weighted by Crippen LogP contribution is -2.13. The normalized spacial score (nSPS) is 12.5. The molecule has 0 spiro atoms. The Morgan fingerprint density at radius 2 is 2.00 bits per heavy atom. The van der Waals surface area contributed by atoms with Gasteiger partial charge in [0.1, 0.15) is 5.82 Å². The van der Waals surface area contributed by atoms with Crippen molar-refractivity contribution in [2.45, 2.75) is 6.54 Å². The van der Waals surface area contributed by atoms with Gasteiger partial charge in [0.25, 0.3) is 5.56 Å². The van der Waals surface area contributed by atoms with E-state index in [9.17, 15) is 4.79 Å². The highest BCUT2D eigenvalue weighted by atomic mass is 79.9. The van der Waals surface area contributed by atoms with Crippen LogP contribution >= 0.6 is 15.9 Å². The van der Waals surface area contributed by atoms with Gasteiger partial charge in [-0.1, -0.05) is 40.2 Å². The molecule has 0 aliphatic carbocycles. The van der Waals surface area contributed by atoms with Gasteiger partial charge in [-0.2, -0.15) is 4.98 Å². The van der Waals surface area contributed by atoms with Crippen molar-refractivity contribution in [2.24, 2.45) is 0 Å². The molecule has 1 aromatic heterocycles. The third-order valence-corrected chi connectivity index (χ3v) is 4.02. The molecule has 3 aromatic rings. The van der Waals surface area contributed by atoms with E-state index >= 15 is 0 Å². The fourth-order valence-electron chi connectivity index (χ4n) is 2.66. The quantitative estimate of drug-likeness (QED) is 0.500. The van der Waals surface area contributed by atoms with Crippen LogP contribution in [0.5, 0.6) is 0 Å². The second-order valence-electron chi connectivity index (χ2n) is 4.65. The lowest BCUT2D eigenvalue weighted by molar-refractivity contribution is 0.853. The molecule has 0 amide bonds. The van der Waals surface area contributed by atoms with E-state index in [0.29, 0.717) is 5.39 Å². The summed E-state index contributed by atoms with van der Waals surface area (Å²) in [6.45, 7) is 0.775. The highest BCUT2D eigenvalue weighted by Crippen LogP contribution is 2.32. The monoisotopic (exact) mass is 312 g/mol. The number of nitrogens with zero attached hydrogens (tertiary/aromatic N) is 2. The van der Waals surface area contributed by atoms with Gasteiger partial charge in [-0.15, -0.1) is 0 Å². The standard InChI is InChI=1S/C15H9BrN2O/c16-10-5-6-13-12(7-10)15(19)17-14-11-4-2-1-3-9(11)8-18(13)14/h1-7H,8H2. The molecule has 2 heterocycles. The SMILES string of the molecule is O=c1nc2n(c3ccc(Br)cc13)Cc1ccccc1-2. The average Bonchev–Trinajstić information content (AvgIpc) is 2.78. The molecule has 19 heavy (non-hydrogen) atoms. The van der Waals surface area contributed by atoms with Crippen LogP contribution in [0.1, 0.15) is 5.56 Å². The van der Waals surface area contributed by atoms with Gasteiger partial charge in [-0.25, -0.2) is 0 Å². The van der Waals surface area contributed by atoms with E-state index in [4.69, 9.17) is 0 Å². The van der Waals surface area contributed by atoms with Gasteiger partial charge in [-0.05, 0) is 23.8 Å². The summed E-state index contributed by atoms with van der Waals surface area (Å²) in [5.74, 6) is 0.774. The summed E-state index contributed by atoms with van der Waals surface area (Å²) in [6, 6.07) is 13.9. The first kappa shape index (κ1) is 10.9. The van der Waals surface area contributed by atoms with E-state index in [1.165, 1.54) is 5.56 Å². The summed E-state index contributed by atoms with van der Waals surface area (Å²) in [7, 11) is 0. The van der Waals surface area contributed by atoms with Crippen LogP contribution in [-0.2, 0) is 6.54 Å². The molecule has 0 saturated heterocycles. The van der Waals surface area contributed by atoms with Crippen molar-refractivity contribution in [1.29, 1.82) is 0 Å². The Morgan fingerprint density at radius 1 is 1.16 bits per heavy atom. The summed E-state index contributed by atoms with van der Waals surface area (Å²) in [4.78, 5) is 16.4. The molecule has 0 N–H and O–H groups in total. The molecule has 3 nitrogen and oxygen atoms in total. The first-order valence-corrected chi connectivity index (χ1v) is 6.82. The smallest absolute Gasteiger partial charge is 0.281 e. The zero-order valence-corrected chi connectivity index (χ0v) is 11.5. The summed E-state index contributed by atoms with van der Waals surface area (Å²) in [5.41, 5.74) is 3.04. The highest BCUT2D eigenvalue weighted by molar-refractivity contribution is 9.10. The Morgan fingerprint density at radius 3 is 2.89 bits per heavy atom. The summed E-state index contributed by atoms with van der Waals surface area (Å²) in [5, 5.41) is 0.658. The summed E-state index contributed by atoms with van der Waals surface area (Å²) >= 11 is 3.40. The molecule has 0 saturated carbocycles. The molecule has 4 heteroatoms. The molecule has 1 aliphatic rings. The number of aromatic nitrogens is 2. The van der Waals surface area contributed by atoms with Gasteiger partial charge in [0, 0.05) is 10.0 Å². The molecule has 0 atom stereocenters. The lowest BCUT2D eigenvalue weighted by atomic mass is 10.1. The number of hydrogen-bond acceptors (Lipinski definition) is 2. The maximum absolute atomic E-state index is 12.2. The predicted octanol–water partition coefficient (Wildman–Crippen LogP) is 3.19. The first-order chi connectivity index (χ1) is 9.24. The van der Waals surface area contributed by atoms with E-state index in [0.717, 1.165) is 27.9 Å². The molecule has 0 bridgehead atoms. The Labute approximate surface area is 117 Å². The third-order valence-electron chi connectivity index (χ3n) is 3.53. The Hall–Kier alpha value is -1.94. The average molecular weight is 313 g/mol. The van der Waals surface area contributed by atoms with Crippen molar-refractivity contribution < 1.29 is 0 Å². The second-order valence-corrected chi connectivity index (χ2v) is 5.56. The molecule has 92 valence electrons. The Balaban J connectivity index is 2.15. The van der Waals surface area contributed by atoms with Gasteiger partial charge in [0.2, 0.25) is 0 Å². The summed E-state index contributed by atoms with van der Waals surface area (Å²) in [6.07, 6.45) is 0. The fourth-order valence-corrected chi connectivity index (χ4v) is 3.02. The van der Waals surface area contributed by atoms with Crippen LogP contribution in [0.25, 0.3) is 22.3 Å². The maximum Gasteiger partial charge on any atom is 0.281 e. The van der Waals surface area contributed by atoms with Crippen LogP contribution in [0.3, 0.4) is 0 Å². The van der Waals surface area contributed by atoms with Crippen molar-refractivity contribution in [3.8, 4) is 11.4 Å². The van der Waals surface area contributed by atoms with Crippen LogP contribution in [0.15, 0.2) is 51.7 Å². The molecule has 1 aliphatic heterocycles. The van der Waals surface area contributed by atoms with Crippen molar-refractivity contribution in [3.05, 3.63) is 62.9 Å². The molecule has 0 fully saturated rings. The minimum Gasteiger partial charge on any atom is -0.321 e. The number of halogens is 1. The van der Waals surface area contributed by atoms with Crippen molar-refractivity contribution in [2.75, 3.05) is 0 Å². The Kier molecular flexibility index (Phi) is 2.17. The zero-order valence-electron chi connectivity index (χ0n) is 9.93. The third kappa shape index (κ3) is 1.50. The van der Waals surface area contributed by atoms with Crippen LogP contribution in [0, 0.1) is 0 Å². The van der Waals surface area contributed by atoms with Crippen LogP contribution in [0.4, 0.5) is 0 Å². The van der Waals surface area contributed by atoms with Crippen LogP contribution < -0.4 is 5.56 Å². The zero-order chi connectivity index (χ0) is 13.0. The topological polar surface area (TPSA) is 34.9 Å². The fraction of sp³-hybridized carbons (Fsp3) is 0.0667. The summed E-state index contributed by atoms with van der Waals surface area (Å²) < 4.78 is 3.00. The minimum absolute atomic E-state index is 0.167. The van der Waals surface area contributed by atoms with Gasteiger partial charge in [0.05, 0.1) is 17.4 Å². The molecule has 4 rings (SSSR count). The minimum atomic E-state index is -0.167. The van der Waals surface area contributed by atoms with E-state index in [2.05, 4.69) is 31.5 Å². The number of benzene rings is 2. The van der Waals surface area contributed by atoms with E-state index in [1.807, 2.05) is 36.4 Å². The van der Waals surface area contributed by atoms with Crippen molar-refractivity contribution in [3.63, 3.8) is 0 Å². The van der Waals surface area contributed by atoms with Crippen molar-refractivity contribution in [1.82, 2.24) is 9.55 Å². The maximum atomic E-state index is 12.2. The van der Waals surface area contributed by atoms with Crippen LogP contribution in [-0.4, -0.2) is 9.55 Å². The van der Waals surface area contributed by atoms with Gasteiger partial charge in [-0.3, -0.25) is 4.79 Å². The van der Waals surface area contributed by atoms with Crippen molar-refractivity contribution >= 4 is 26.8 Å². The molecule has 0 unspecified atom stereocenters. The predicted molar refractivity (Wildman–Crippen MR) is 78.2 cm³/mol. The molecule has 0 radical (unpaired) electrons. The van der Waals surface area contributed by atoms with E-state index in [-0.39, 0.29) is 5.56 Å². The van der Waals surface area contributed by atoms with Crippen LogP contribution in [0.2, 0.25) is 0 Å². The second kappa shape index (κ2) is 3.78. The van der Waals surface area contributed by atoms with Gasteiger partial charge < -0.3 is 4.57 Å². The molecular formula is C15H9BrN2O. The molecular weight excluding hydrogens is 304 g/mol.